The summed E-state index contributed by atoms with van der Waals surface area (Å²) < 4.78 is 19.9. The fraction of sp³-hybridized carbons (Fsp3) is 0.889. The Morgan fingerprint density at radius 2 is 1.94 bits per heavy atom. The van der Waals surface area contributed by atoms with Crippen molar-refractivity contribution in [2.75, 3.05) is 13.2 Å². The molecule has 7 heteroatoms. The molecule has 94 valence electrons. The second kappa shape index (κ2) is 7.54. The first-order chi connectivity index (χ1) is 7.49. The van der Waals surface area contributed by atoms with Crippen LogP contribution in [0.2, 0.25) is 0 Å². The maximum Gasteiger partial charge on any atom is 0.694 e. The van der Waals surface area contributed by atoms with E-state index in [1.165, 1.54) is 0 Å². The van der Waals surface area contributed by atoms with Crippen LogP contribution in [0.5, 0.6) is 0 Å². The molecule has 0 heterocycles. The Morgan fingerprint density at radius 1 is 1.38 bits per heavy atom. The molecular formula is C9H19NO5P+. The summed E-state index contributed by atoms with van der Waals surface area (Å²) in [6, 6.07) is 0. The smallest absolute Gasteiger partial charge is 0.450 e. The van der Waals surface area contributed by atoms with Gasteiger partial charge in [0.15, 0.2) is 0 Å². The van der Waals surface area contributed by atoms with E-state index in [1.807, 2.05) is 13.8 Å². The second-order valence-corrected chi connectivity index (χ2v) is 4.08. The fourth-order valence-corrected chi connectivity index (χ4v) is 1.59. The van der Waals surface area contributed by atoms with Gasteiger partial charge in [0.05, 0.1) is 12.1 Å². The molecule has 0 fully saturated rings. The Hall–Kier alpha value is -0.710. The van der Waals surface area contributed by atoms with Gasteiger partial charge in [-0.1, -0.05) is 13.8 Å². The zero-order valence-electron chi connectivity index (χ0n) is 9.86. The van der Waals surface area contributed by atoms with Gasteiger partial charge >= 0.3 is 14.3 Å². The third-order valence-electron chi connectivity index (χ3n) is 2.45. The average Bonchev–Trinajstić information content (AvgIpc) is 2.24. The van der Waals surface area contributed by atoms with E-state index in [1.54, 1.807) is 6.92 Å². The highest BCUT2D eigenvalue weighted by Crippen LogP contribution is 2.23. The lowest BCUT2D eigenvalue weighted by molar-refractivity contribution is 0.115. The van der Waals surface area contributed by atoms with E-state index in [2.05, 4.69) is 9.84 Å². The molecule has 1 atom stereocenters. The predicted molar refractivity (Wildman–Crippen MR) is 59.2 cm³/mol. The normalized spacial score (nSPS) is 12.1. The van der Waals surface area contributed by atoms with Crippen LogP contribution in [0.1, 0.15) is 33.6 Å². The largest absolute Gasteiger partial charge is 0.694 e. The molecule has 0 aromatic carbocycles. The van der Waals surface area contributed by atoms with Crippen molar-refractivity contribution < 1.29 is 23.5 Å². The van der Waals surface area contributed by atoms with Crippen LogP contribution in [-0.4, -0.2) is 29.7 Å². The average molecular weight is 252 g/mol. The van der Waals surface area contributed by atoms with E-state index in [0.29, 0.717) is 12.8 Å². The van der Waals surface area contributed by atoms with Crippen molar-refractivity contribution >= 4 is 14.3 Å². The van der Waals surface area contributed by atoms with Crippen LogP contribution in [0.15, 0.2) is 0 Å². The molecule has 0 rings (SSSR count). The van der Waals surface area contributed by atoms with Crippen LogP contribution in [0.3, 0.4) is 0 Å². The minimum absolute atomic E-state index is 0.00941. The summed E-state index contributed by atoms with van der Waals surface area (Å²) in [5.41, 5.74) is -0.653. The van der Waals surface area contributed by atoms with Crippen molar-refractivity contribution in [1.29, 1.82) is 0 Å². The zero-order valence-corrected chi connectivity index (χ0v) is 10.8. The third kappa shape index (κ3) is 5.39. The molecule has 0 saturated heterocycles. The minimum Gasteiger partial charge on any atom is -0.450 e. The summed E-state index contributed by atoms with van der Waals surface area (Å²) >= 11 is 0. The lowest BCUT2D eigenvalue weighted by Crippen LogP contribution is -2.50. The number of alkyl carbamates (subject to hydrolysis) is 1. The van der Waals surface area contributed by atoms with Crippen LogP contribution < -0.4 is 5.32 Å². The van der Waals surface area contributed by atoms with Crippen molar-refractivity contribution in [1.82, 2.24) is 5.32 Å². The van der Waals surface area contributed by atoms with E-state index in [9.17, 15) is 9.36 Å². The first kappa shape index (κ1) is 15.3. The zero-order chi connectivity index (χ0) is 12.6. The minimum atomic E-state index is -2.65. The van der Waals surface area contributed by atoms with Gasteiger partial charge in [-0.05, 0) is 19.8 Å². The number of carbonyl (C=O) groups is 1. The van der Waals surface area contributed by atoms with E-state index < -0.39 is 19.9 Å². The Morgan fingerprint density at radius 3 is 2.31 bits per heavy atom. The van der Waals surface area contributed by atoms with E-state index >= 15 is 0 Å². The first-order valence-corrected chi connectivity index (χ1v) is 6.36. The lowest BCUT2D eigenvalue weighted by Gasteiger charge is -2.29. The van der Waals surface area contributed by atoms with E-state index in [-0.39, 0.29) is 13.2 Å². The van der Waals surface area contributed by atoms with Gasteiger partial charge in [0.1, 0.15) is 6.61 Å². The third-order valence-corrected chi connectivity index (χ3v) is 2.80. The van der Waals surface area contributed by atoms with Crippen LogP contribution in [0, 0.1) is 0 Å². The topological polar surface area (TPSA) is 84.9 Å². The van der Waals surface area contributed by atoms with Gasteiger partial charge in [0.2, 0.25) is 0 Å². The second-order valence-electron chi connectivity index (χ2n) is 3.34. The Balaban J connectivity index is 4.42. The standard InChI is InChI=1S/C9H18NO5P/c1-4-9(5-2,7-15-16(12)13)10-8(11)14-6-3/h4-7H2,1-3H3,(H-,10,11,12,13)/p+1. The molecule has 0 aromatic heterocycles. The Kier molecular flexibility index (Phi) is 7.21. The molecule has 0 aliphatic rings. The number of rotatable bonds is 7. The van der Waals surface area contributed by atoms with Gasteiger partial charge in [-0.2, -0.15) is 0 Å². The summed E-state index contributed by atoms with van der Waals surface area (Å²) in [4.78, 5) is 19.9. The van der Waals surface area contributed by atoms with Crippen molar-refractivity contribution in [2.45, 2.75) is 39.2 Å². The van der Waals surface area contributed by atoms with Crippen molar-refractivity contribution in [3.8, 4) is 0 Å². The maximum atomic E-state index is 11.3. The molecule has 2 N–H and O–H groups in total. The van der Waals surface area contributed by atoms with Crippen LogP contribution in [-0.2, 0) is 13.8 Å². The van der Waals surface area contributed by atoms with Crippen LogP contribution >= 0.6 is 8.25 Å². The monoisotopic (exact) mass is 252 g/mol. The van der Waals surface area contributed by atoms with Crippen molar-refractivity contribution in [3.63, 3.8) is 0 Å². The molecule has 1 amide bonds. The molecule has 1 unspecified atom stereocenters. The number of hydrogen-bond donors (Lipinski definition) is 2. The van der Waals surface area contributed by atoms with E-state index in [0.717, 1.165) is 0 Å². The van der Waals surface area contributed by atoms with Crippen LogP contribution in [0.4, 0.5) is 4.79 Å². The van der Waals surface area contributed by atoms with Gasteiger partial charge < -0.3 is 10.1 Å². The maximum absolute atomic E-state index is 11.3. The molecule has 0 aliphatic carbocycles. The van der Waals surface area contributed by atoms with Gasteiger partial charge in [-0.15, -0.1) is 9.42 Å². The van der Waals surface area contributed by atoms with Crippen molar-refractivity contribution in [2.24, 2.45) is 0 Å². The number of amides is 1. The summed E-state index contributed by atoms with van der Waals surface area (Å²) in [7, 11) is -2.65. The number of hydrogen-bond acceptors (Lipinski definition) is 4. The molecule has 0 saturated carbocycles. The molecule has 0 aromatic rings. The van der Waals surface area contributed by atoms with Gasteiger partial charge in [0, 0.05) is 4.57 Å². The highest BCUT2D eigenvalue weighted by Gasteiger charge is 2.33. The highest BCUT2D eigenvalue weighted by atomic mass is 31.1. The lowest BCUT2D eigenvalue weighted by atomic mass is 9.94. The molecule has 0 spiro atoms. The summed E-state index contributed by atoms with van der Waals surface area (Å²) in [5.74, 6) is 0. The number of nitrogens with one attached hydrogen (secondary N) is 1. The van der Waals surface area contributed by atoms with Gasteiger partial charge in [-0.25, -0.2) is 4.79 Å². The molecule has 0 bridgehead atoms. The SMILES string of the molecule is CCOC(=O)NC(CC)(CC)CO[P+](=O)O. The van der Waals surface area contributed by atoms with Gasteiger partial charge in [0.25, 0.3) is 0 Å². The molecule has 0 aliphatic heterocycles. The summed E-state index contributed by atoms with van der Waals surface area (Å²) in [6.07, 6.45) is 0.639. The molecule has 0 radical (unpaired) electrons. The fourth-order valence-electron chi connectivity index (χ4n) is 1.23. The molecule has 6 nitrogen and oxygen atoms in total. The van der Waals surface area contributed by atoms with Crippen molar-refractivity contribution in [3.05, 3.63) is 0 Å². The highest BCUT2D eigenvalue weighted by molar-refractivity contribution is 7.32. The summed E-state index contributed by atoms with van der Waals surface area (Å²) in [6.45, 7) is 5.71. The quantitative estimate of drug-likeness (QED) is 0.676. The molecular weight excluding hydrogens is 233 g/mol. The first-order valence-electron chi connectivity index (χ1n) is 5.23. The Labute approximate surface area is 96.3 Å². The van der Waals surface area contributed by atoms with Crippen LogP contribution in [0.25, 0.3) is 0 Å². The number of carbonyl (C=O) groups excluding carboxylic acids is 1. The summed E-state index contributed by atoms with van der Waals surface area (Å²) in [5, 5.41) is 2.66. The molecule has 16 heavy (non-hydrogen) atoms. The van der Waals surface area contributed by atoms with Gasteiger partial charge in [-0.3, -0.25) is 0 Å². The van der Waals surface area contributed by atoms with E-state index in [4.69, 9.17) is 9.63 Å². The Bertz CT molecular complexity index is 242. The predicted octanol–water partition coefficient (Wildman–Crippen LogP) is 1.96. The number of ether oxygens (including phenoxy) is 1.